The van der Waals surface area contributed by atoms with Crippen LogP contribution in [0, 0.1) is 17.2 Å². The molecule has 2 N–H and O–H groups in total. The van der Waals surface area contributed by atoms with E-state index in [0.29, 0.717) is 12.1 Å². The van der Waals surface area contributed by atoms with Gasteiger partial charge in [-0.15, -0.1) is 24.0 Å². The van der Waals surface area contributed by atoms with Crippen LogP contribution in [-0.2, 0) is 6.54 Å². The van der Waals surface area contributed by atoms with Gasteiger partial charge in [0.15, 0.2) is 5.96 Å². The summed E-state index contributed by atoms with van der Waals surface area (Å²) in [6.07, 6.45) is 8.21. The minimum Gasteiger partial charge on any atom is -0.356 e. The second-order valence-electron chi connectivity index (χ2n) is 5.96. The number of nitrogens with one attached hydrogen (secondary N) is 2. The molecule has 1 aliphatic carbocycles. The molecule has 0 aliphatic heterocycles. The lowest BCUT2D eigenvalue weighted by Gasteiger charge is -2.13. The van der Waals surface area contributed by atoms with Gasteiger partial charge in [-0.1, -0.05) is 37.8 Å². The van der Waals surface area contributed by atoms with Crippen LogP contribution in [0.25, 0.3) is 0 Å². The Bertz CT molecular complexity index is 530. The van der Waals surface area contributed by atoms with E-state index in [2.05, 4.69) is 21.7 Å². The van der Waals surface area contributed by atoms with Crippen LogP contribution in [0.15, 0.2) is 29.3 Å². The van der Waals surface area contributed by atoms with Crippen molar-refractivity contribution in [2.75, 3.05) is 13.6 Å². The first-order valence-corrected chi connectivity index (χ1v) is 8.25. The molecule has 0 heterocycles. The van der Waals surface area contributed by atoms with Crippen molar-refractivity contribution in [3.8, 4) is 6.07 Å². The number of aliphatic imine (C=N–C) groups is 1. The second-order valence-corrected chi connectivity index (χ2v) is 5.96. The number of benzene rings is 1. The Labute approximate surface area is 156 Å². The standard InChI is InChI=1S/C18H26N4.HI/c1-20-18(21-11-5-10-15-6-2-3-7-15)22-14-17-9-4-8-16(12-17)13-19;/h4,8-9,12,15H,2-3,5-7,10-11,14H2,1H3,(H2,20,21,22);1H. The zero-order valence-electron chi connectivity index (χ0n) is 13.8. The zero-order valence-corrected chi connectivity index (χ0v) is 16.2. The first kappa shape index (κ1) is 19.8. The number of halogens is 1. The molecule has 5 heteroatoms. The average Bonchev–Trinajstić information content (AvgIpc) is 3.08. The van der Waals surface area contributed by atoms with Gasteiger partial charge in [-0.2, -0.15) is 5.26 Å². The molecule has 23 heavy (non-hydrogen) atoms. The van der Waals surface area contributed by atoms with Crippen LogP contribution in [0.5, 0.6) is 0 Å². The first-order chi connectivity index (χ1) is 10.8. The molecule has 0 bridgehead atoms. The Hall–Kier alpha value is -1.29. The summed E-state index contributed by atoms with van der Waals surface area (Å²) in [4.78, 5) is 4.24. The average molecular weight is 426 g/mol. The Balaban J connectivity index is 0.00000264. The van der Waals surface area contributed by atoms with Crippen molar-refractivity contribution in [2.45, 2.75) is 45.1 Å². The molecular formula is C18H27IN4. The predicted molar refractivity (Wildman–Crippen MR) is 106 cm³/mol. The Morgan fingerprint density at radius 3 is 2.78 bits per heavy atom. The Morgan fingerprint density at radius 2 is 2.09 bits per heavy atom. The number of hydrogen-bond acceptors (Lipinski definition) is 2. The van der Waals surface area contributed by atoms with E-state index in [1.165, 1.54) is 38.5 Å². The summed E-state index contributed by atoms with van der Waals surface area (Å²) in [6, 6.07) is 9.81. The molecule has 1 saturated carbocycles. The van der Waals surface area contributed by atoms with E-state index in [1.807, 2.05) is 24.3 Å². The normalized spacial score (nSPS) is 14.9. The number of nitriles is 1. The van der Waals surface area contributed by atoms with Crippen molar-refractivity contribution < 1.29 is 0 Å². The Morgan fingerprint density at radius 1 is 1.30 bits per heavy atom. The monoisotopic (exact) mass is 426 g/mol. The quantitative estimate of drug-likeness (QED) is 0.315. The van der Waals surface area contributed by atoms with Gasteiger partial charge in [-0.05, 0) is 36.5 Å². The van der Waals surface area contributed by atoms with Crippen LogP contribution in [0.4, 0.5) is 0 Å². The van der Waals surface area contributed by atoms with Crippen LogP contribution < -0.4 is 10.6 Å². The van der Waals surface area contributed by atoms with Gasteiger partial charge in [0.1, 0.15) is 0 Å². The fourth-order valence-electron chi connectivity index (χ4n) is 3.05. The van der Waals surface area contributed by atoms with Crippen molar-refractivity contribution in [1.82, 2.24) is 10.6 Å². The predicted octanol–water partition coefficient (Wildman–Crippen LogP) is 3.81. The molecule has 2 rings (SSSR count). The van der Waals surface area contributed by atoms with Crippen LogP contribution in [0.3, 0.4) is 0 Å². The van der Waals surface area contributed by atoms with Crippen molar-refractivity contribution in [3.05, 3.63) is 35.4 Å². The zero-order chi connectivity index (χ0) is 15.6. The fraction of sp³-hybridized carbons (Fsp3) is 0.556. The highest BCUT2D eigenvalue weighted by Gasteiger charge is 2.13. The third-order valence-corrected chi connectivity index (χ3v) is 4.30. The van der Waals surface area contributed by atoms with Gasteiger partial charge < -0.3 is 10.6 Å². The summed E-state index contributed by atoms with van der Waals surface area (Å²) in [6.45, 7) is 1.65. The number of guanidine groups is 1. The lowest BCUT2D eigenvalue weighted by Crippen LogP contribution is -2.37. The number of hydrogen-bond donors (Lipinski definition) is 2. The maximum atomic E-state index is 8.91. The third kappa shape index (κ3) is 7.21. The SMILES string of the molecule is CN=C(NCCCC1CCCC1)NCc1cccc(C#N)c1.I. The lowest BCUT2D eigenvalue weighted by molar-refractivity contribution is 0.481. The fourth-order valence-corrected chi connectivity index (χ4v) is 3.05. The summed E-state index contributed by atoms with van der Waals surface area (Å²) in [5.74, 6) is 1.78. The molecule has 0 aromatic heterocycles. The van der Waals surface area contributed by atoms with Crippen molar-refractivity contribution >= 4 is 29.9 Å². The van der Waals surface area contributed by atoms with E-state index >= 15 is 0 Å². The minimum absolute atomic E-state index is 0. The van der Waals surface area contributed by atoms with Crippen LogP contribution in [0.1, 0.15) is 49.7 Å². The molecule has 1 fully saturated rings. The molecule has 0 atom stereocenters. The van der Waals surface area contributed by atoms with Gasteiger partial charge in [0.2, 0.25) is 0 Å². The van der Waals surface area contributed by atoms with E-state index in [-0.39, 0.29) is 24.0 Å². The summed E-state index contributed by atoms with van der Waals surface area (Å²) in [5.41, 5.74) is 1.78. The molecule has 1 aromatic rings. The second kappa shape index (κ2) is 11.3. The molecule has 126 valence electrons. The third-order valence-electron chi connectivity index (χ3n) is 4.30. The summed E-state index contributed by atoms with van der Waals surface area (Å²) < 4.78 is 0. The van der Waals surface area contributed by atoms with Crippen LogP contribution in [-0.4, -0.2) is 19.6 Å². The van der Waals surface area contributed by atoms with E-state index < -0.39 is 0 Å². The molecule has 0 unspecified atom stereocenters. The molecule has 4 nitrogen and oxygen atoms in total. The number of nitrogens with zero attached hydrogens (tertiary/aromatic N) is 2. The van der Waals surface area contributed by atoms with Gasteiger partial charge in [0.25, 0.3) is 0 Å². The van der Waals surface area contributed by atoms with E-state index in [4.69, 9.17) is 5.26 Å². The summed E-state index contributed by atoms with van der Waals surface area (Å²) >= 11 is 0. The molecule has 1 aromatic carbocycles. The highest BCUT2D eigenvalue weighted by atomic mass is 127. The molecule has 0 amide bonds. The first-order valence-electron chi connectivity index (χ1n) is 8.25. The minimum atomic E-state index is 0. The molecule has 0 radical (unpaired) electrons. The lowest BCUT2D eigenvalue weighted by atomic mass is 10.0. The van der Waals surface area contributed by atoms with Gasteiger partial charge in [-0.3, -0.25) is 4.99 Å². The topological polar surface area (TPSA) is 60.2 Å². The van der Waals surface area contributed by atoms with Gasteiger partial charge >= 0.3 is 0 Å². The van der Waals surface area contributed by atoms with Crippen LogP contribution >= 0.6 is 24.0 Å². The van der Waals surface area contributed by atoms with Crippen LogP contribution in [0.2, 0.25) is 0 Å². The largest absolute Gasteiger partial charge is 0.356 e. The van der Waals surface area contributed by atoms with Crippen molar-refractivity contribution in [2.24, 2.45) is 10.9 Å². The molecule has 1 aliphatic rings. The van der Waals surface area contributed by atoms with E-state index in [1.54, 1.807) is 7.05 Å². The van der Waals surface area contributed by atoms with Gasteiger partial charge in [0.05, 0.1) is 11.6 Å². The molecular weight excluding hydrogens is 399 g/mol. The highest BCUT2D eigenvalue weighted by Crippen LogP contribution is 2.28. The molecule has 0 spiro atoms. The van der Waals surface area contributed by atoms with E-state index in [0.717, 1.165) is 24.0 Å². The smallest absolute Gasteiger partial charge is 0.191 e. The van der Waals surface area contributed by atoms with Gasteiger partial charge in [0, 0.05) is 20.1 Å². The summed E-state index contributed by atoms with van der Waals surface area (Å²) in [5, 5.41) is 15.6. The molecule has 0 saturated heterocycles. The summed E-state index contributed by atoms with van der Waals surface area (Å²) in [7, 11) is 1.79. The maximum Gasteiger partial charge on any atom is 0.191 e. The van der Waals surface area contributed by atoms with Crippen molar-refractivity contribution in [1.29, 1.82) is 5.26 Å². The highest BCUT2D eigenvalue weighted by molar-refractivity contribution is 14.0. The number of rotatable bonds is 6. The Kier molecular flexibility index (Phi) is 9.69. The van der Waals surface area contributed by atoms with Gasteiger partial charge in [-0.25, -0.2) is 0 Å². The van der Waals surface area contributed by atoms with E-state index in [9.17, 15) is 0 Å². The van der Waals surface area contributed by atoms with Crippen molar-refractivity contribution in [3.63, 3.8) is 0 Å². The maximum absolute atomic E-state index is 8.91.